The predicted molar refractivity (Wildman–Crippen MR) is 168 cm³/mol. The van der Waals surface area contributed by atoms with E-state index in [0.717, 1.165) is 19.1 Å². The van der Waals surface area contributed by atoms with Gasteiger partial charge in [0.15, 0.2) is 0 Å². The van der Waals surface area contributed by atoms with Crippen molar-refractivity contribution in [2.45, 2.75) is 161 Å². The predicted octanol–water partition coefficient (Wildman–Crippen LogP) is 12.1. The van der Waals surface area contributed by atoms with E-state index in [4.69, 9.17) is 0 Å². The number of benzene rings is 2. The number of unbranched alkanes of at least 4 members (excludes halogenated alkanes) is 16. The molecule has 0 saturated carbocycles. The van der Waals surface area contributed by atoms with Gasteiger partial charge in [0.2, 0.25) is 0 Å². The highest BCUT2D eigenvalue weighted by molar-refractivity contribution is 9.10. The van der Waals surface area contributed by atoms with Crippen molar-refractivity contribution in [2.75, 3.05) is 0 Å². The third-order valence-corrected chi connectivity index (χ3v) is 9.40. The maximum atomic E-state index is 3.79. The maximum absolute atomic E-state index is 3.79. The van der Waals surface area contributed by atoms with Crippen LogP contribution in [0.4, 0.5) is 0 Å². The fourth-order valence-electron chi connectivity index (χ4n) is 6.43. The van der Waals surface area contributed by atoms with Crippen LogP contribution in [0.1, 0.15) is 153 Å². The molecule has 0 aromatic heterocycles. The lowest BCUT2D eigenvalue weighted by Gasteiger charge is -2.36. The lowest BCUT2D eigenvalue weighted by molar-refractivity contribution is 0.150. The Hall–Kier alpha value is -0.860. The minimum absolute atomic E-state index is 0.737. The summed E-state index contributed by atoms with van der Waals surface area (Å²) in [5, 5.41) is 2.90. The first-order chi connectivity index (χ1) is 18.2. The van der Waals surface area contributed by atoms with Crippen LogP contribution in [-0.4, -0.2) is 10.9 Å². The van der Waals surface area contributed by atoms with Crippen molar-refractivity contribution in [1.29, 1.82) is 0 Å². The average molecular weight is 571 g/mol. The SMILES string of the molecule is CCCCCCCCCCCC(CCCCCCCCCCC)N1Cc2cccc3c(Br)ccc(c23)C1. The molecular weight excluding hydrogens is 514 g/mol. The van der Waals surface area contributed by atoms with Crippen LogP contribution in [-0.2, 0) is 13.1 Å². The van der Waals surface area contributed by atoms with Gasteiger partial charge in [-0.25, -0.2) is 0 Å². The number of rotatable bonds is 21. The summed E-state index contributed by atoms with van der Waals surface area (Å²) >= 11 is 3.79. The van der Waals surface area contributed by atoms with Gasteiger partial charge in [-0.05, 0) is 40.8 Å². The molecule has 0 amide bonds. The lowest BCUT2D eigenvalue weighted by Crippen LogP contribution is -2.36. The molecule has 3 rings (SSSR count). The van der Waals surface area contributed by atoms with Gasteiger partial charge in [0.25, 0.3) is 0 Å². The van der Waals surface area contributed by atoms with Crippen LogP contribution in [0.2, 0.25) is 0 Å². The Morgan fingerprint density at radius 1 is 0.595 bits per heavy atom. The summed E-state index contributed by atoms with van der Waals surface area (Å²) < 4.78 is 1.24. The molecule has 1 aliphatic rings. The first kappa shape index (κ1) is 30.7. The number of halogens is 1. The third kappa shape index (κ3) is 10.7. The standard InChI is InChI=1S/C35H56BrN/c1-3-5-7-9-11-13-15-17-19-23-32(24-20-18-16-14-12-10-8-6-4-2)37-28-30-22-21-25-33-34(36)27-26-31(29-37)35(30)33/h21-22,25-27,32H,3-20,23-24,28-29H2,1-2H3. The molecule has 0 unspecified atom stereocenters. The highest BCUT2D eigenvalue weighted by Gasteiger charge is 2.25. The molecule has 1 heterocycles. The van der Waals surface area contributed by atoms with Crippen molar-refractivity contribution in [3.8, 4) is 0 Å². The quantitative estimate of drug-likeness (QED) is 0.135. The highest BCUT2D eigenvalue weighted by Crippen LogP contribution is 2.36. The molecule has 208 valence electrons. The molecule has 2 aromatic carbocycles. The van der Waals surface area contributed by atoms with Gasteiger partial charge in [0.1, 0.15) is 0 Å². The van der Waals surface area contributed by atoms with E-state index in [1.165, 1.54) is 155 Å². The van der Waals surface area contributed by atoms with Gasteiger partial charge >= 0.3 is 0 Å². The first-order valence-corrected chi connectivity index (χ1v) is 17.0. The number of nitrogens with zero attached hydrogens (tertiary/aromatic N) is 1. The monoisotopic (exact) mass is 569 g/mol. The van der Waals surface area contributed by atoms with E-state index in [0.29, 0.717) is 0 Å². The largest absolute Gasteiger partial charge is 0.292 e. The van der Waals surface area contributed by atoms with Gasteiger partial charge in [-0.15, -0.1) is 0 Å². The summed E-state index contributed by atoms with van der Waals surface area (Å²) in [6.45, 7) is 6.87. The van der Waals surface area contributed by atoms with Gasteiger partial charge in [0.05, 0.1) is 0 Å². The van der Waals surface area contributed by atoms with E-state index < -0.39 is 0 Å². The molecule has 0 fully saturated rings. The van der Waals surface area contributed by atoms with Crippen LogP contribution < -0.4 is 0 Å². The second-order valence-electron chi connectivity index (χ2n) is 11.8. The van der Waals surface area contributed by atoms with E-state index in [1.54, 1.807) is 0 Å². The lowest BCUT2D eigenvalue weighted by atomic mass is 9.92. The molecule has 2 aromatic rings. The molecule has 37 heavy (non-hydrogen) atoms. The van der Waals surface area contributed by atoms with Crippen molar-refractivity contribution in [2.24, 2.45) is 0 Å². The molecular formula is C35H56BrN. The van der Waals surface area contributed by atoms with Crippen molar-refractivity contribution in [1.82, 2.24) is 4.90 Å². The van der Waals surface area contributed by atoms with Crippen molar-refractivity contribution in [3.05, 3.63) is 45.9 Å². The van der Waals surface area contributed by atoms with Crippen LogP contribution >= 0.6 is 15.9 Å². The van der Waals surface area contributed by atoms with Gasteiger partial charge in [-0.1, -0.05) is 170 Å². The minimum Gasteiger partial charge on any atom is -0.292 e. The molecule has 0 radical (unpaired) electrons. The maximum Gasteiger partial charge on any atom is 0.0254 e. The molecule has 0 saturated heterocycles. The second-order valence-corrected chi connectivity index (χ2v) is 12.7. The van der Waals surface area contributed by atoms with E-state index in [1.807, 2.05) is 0 Å². The molecule has 0 atom stereocenters. The van der Waals surface area contributed by atoms with Crippen molar-refractivity contribution in [3.63, 3.8) is 0 Å². The third-order valence-electron chi connectivity index (χ3n) is 8.71. The summed E-state index contributed by atoms with van der Waals surface area (Å²) in [5.41, 5.74) is 3.06. The Bertz CT molecular complexity index is 841. The zero-order chi connectivity index (χ0) is 26.1. The van der Waals surface area contributed by atoms with Crippen molar-refractivity contribution >= 4 is 26.7 Å². The minimum atomic E-state index is 0.737. The highest BCUT2D eigenvalue weighted by atomic mass is 79.9. The van der Waals surface area contributed by atoms with Crippen LogP contribution in [0.25, 0.3) is 10.8 Å². The van der Waals surface area contributed by atoms with Crippen LogP contribution in [0.15, 0.2) is 34.8 Å². The topological polar surface area (TPSA) is 3.24 Å². The summed E-state index contributed by atoms with van der Waals surface area (Å²) in [6.07, 6.45) is 28.4. The number of hydrogen-bond donors (Lipinski definition) is 0. The Balaban J connectivity index is 1.47. The molecule has 2 heteroatoms. The summed E-state index contributed by atoms with van der Waals surface area (Å²) in [7, 11) is 0. The first-order valence-electron chi connectivity index (χ1n) is 16.2. The summed E-state index contributed by atoms with van der Waals surface area (Å²) in [6, 6.07) is 12.3. The fourth-order valence-corrected chi connectivity index (χ4v) is 6.89. The van der Waals surface area contributed by atoms with E-state index in [-0.39, 0.29) is 0 Å². The Morgan fingerprint density at radius 3 is 1.57 bits per heavy atom. The van der Waals surface area contributed by atoms with Gasteiger partial charge in [-0.2, -0.15) is 0 Å². The summed E-state index contributed by atoms with van der Waals surface area (Å²) in [4.78, 5) is 2.83. The van der Waals surface area contributed by atoms with Crippen LogP contribution in [0.3, 0.4) is 0 Å². The molecule has 1 aliphatic heterocycles. The normalized spacial score (nSPS) is 13.7. The Labute approximate surface area is 238 Å². The molecule has 0 bridgehead atoms. The van der Waals surface area contributed by atoms with Gasteiger partial charge in [-0.3, -0.25) is 4.90 Å². The Kier molecular flexibility index (Phi) is 15.3. The molecule has 1 nitrogen and oxygen atoms in total. The van der Waals surface area contributed by atoms with Crippen LogP contribution in [0, 0.1) is 0 Å². The molecule has 0 aliphatic carbocycles. The fraction of sp³-hybridized carbons (Fsp3) is 0.714. The zero-order valence-electron chi connectivity index (χ0n) is 24.3. The Morgan fingerprint density at radius 2 is 1.05 bits per heavy atom. The number of hydrogen-bond acceptors (Lipinski definition) is 1. The van der Waals surface area contributed by atoms with E-state index >= 15 is 0 Å². The van der Waals surface area contributed by atoms with Gasteiger partial charge in [0, 0.05) is 23.6 Å². The molecule has 0 spiro atoms. The van der Waals surface area contributed by atoms with Gasteiger partial charge < -0.3 is 0 Å². The van der Waals surface area contributed by atoms with E-state index in [2.05, 4.69) is 65.0 Å². The molecule has 0 N–H and O–H groups in total. The smallest absolute Gasteiger partial charge is 0.0254 e. The second kappa shape index (κ2) is 18.4. The average Bonchev–Trinajstić information content (AvgIpc) is 2.92. The van der Waals surface area contributed by atoms with E-state index in [9.17, 15) is 0 Å². The van der Waals surface area contributed by atoms with Crippen LogP contribution in [0.5, 0.6) is 0 Å². The van der Waals surface area contributed by atoms with Crippen molar-refractivity contribution < 1.29 is 0 Å². The summed E-state index contributed by atoms with van der Waals surface area (Å²) in [5.74, 6) is 0. The zero-order valence-corrected chi connectivity index (χ0v) is 25.9.